The Kier molecular flexibility index (Phi) is 6.37. The summed E-state index contributed by atoms with van der Waals surface area (Å²) >= 11 is 12.0. The summed E-state index contributed by atoms with van der Waals surface area (Å²) < 4.78 is 0. The molecule has 0 bridgehead atoms. The Morgan fingerprint density at radius 1 is 1.00 bits per heavy atom. The smallest absolute Gasteiger partial charge is 0.255 e. The first kappa shape index (κ1) is 19.7. The minimum absolute atomic E-state index is 0.0294. The third-order valence-electron chi connectivity index (χ3n) is 4.70. The number of anilines is 1. The van der Waals surface area contributed by atoms with Crippen molar-refractivity contribution in [3.05, 3.63) is 64.1 Å². The SMILES string of the molecule is CN(C(=O)CN1CCN(C(=O)c2ccc(Cl)cc2Cl)CC1)c1ccccc1. The quantitative estimate of drug-likeness (QED) is 0.782. The van der Waals surface area contributed by atoms with Crippen LogP contribution in [0.15, 0.2) is 48.5 Å². The fourth-order valence-electron chi connectivity index (χ4n) is 3.04. The molecule has 2 amide bonds. The van der Waals surface area contributed by atoms with Crippen molar-refractivity contribution in [1.29, 1.82) is 0 Å². The predicted molar refractivity (Wildman–Crippen MR) is 109 cm³/mol. The molecule has 1 aliphatic heterocycles. The van der Waals surface area contributed by atoms with Crippen molar-refractivity contribution in [2.45, 2.75) is 0 Å². The number of hydrogen-bond acceptors (Lipinski definition) is 3. The Bertz CT molecular complexity index is 821. The lowest BCUT2D eigenvalue weighted by atomic mass is 10.1. The molecule has 0 saturated carbocycles. The number of rotatable bonds is 4. The molecule has 7 heteroatoms. The van der Waals surface area contributed by atoms with Gasteiger partial charge in [-0.25, -0.2) is 0 Å². The highest BCUT2D eigenvalue weighted by Crippen LogP contribution is 2.23. The summed E-state index contributed by atoms with van der Waals surface area (Å²) in [6.07, 6.45) is 0. The molecule has 2 aromatic rings. The van der Waals surface area contributed by atoms with Gasteiger partial charge in [-0.15, -0.1) is 0 Å². The van der Waals surface area contributed by atoms with E-state index in [0.717, 1.165) is 5.69 Å². The Hall–Kier alpha value is -2.08. The lowest BCUT2D eigenvalue weighted by Gasteiger charge is -2.35. The third kappa shape index (κ3) is 4.80. The van der Waals surface area contributed by atoms with E-state index >= 15 is 0 Å². The zero-order valence-electron chi connectivity index (χ0n) is 15.1. The molecule has 3 rings (SSSR count). The first-order valence-electron chi connectivity index (χ1n) is 8.74. The minimum atomic E-state index is -0.107. The topological polar surface area (TPSA) is 43.9 Å². The van der Waals surface area contributed by atoms with Crippen LogP contribution in [0.4, 0.5) is 5.69 Å². The highest BCUT2D eigenvalue weighted by molar-refractivity contribution is 6.36. The summed E-state index contributed by atoms with van der Waals surface area (Å²) in [6.45, 7) is 2.73. The number of carbonyl (C=O) groups excluding carboxylic acids is 2. The molecular formula is C20H21Cl2N3O2. The maximum absolute atomic E-state index is 12.7. The number of piperazine rings is 1. The molecule has 142 valence electrons. The van der Waals surface area contributed by atoms with E-state index in [4.69, 9.17) is 23.2 Å². The maximum Gasteiger partial charge on any atom is 0.255 e. The van der Waals surface area contributed by atoms with E-state index in [0.29, 0.717) is 48.3 Å². The van der Waals surface area contributed by atoms with Crippen LogP contribution in [-0.2, 0) is 4.79 Å². The average Bonchev–Trinajstić information content (AvgIpc) is 2.68. The molecule has 1 heterocycles. The Morgan fingerprint density at radius 3 is 2.30 bits per heavy atom. The van der Waals surface area contributed by atoms with Crippen molar-refractivity contribution in [3.8, 4) is 0 Å². The molecule has 1 aliphatic rings. The molecule has 0 unspecified atom stereocenters. The molecule has 1 saturated heterocycles. The molecule has 2 aromatic carbocycles. The molecule has 27 heavy (non-hydrogen) atoms. The van der Waals surface area contributed by atoms with Crippen molar-refractivity contribution >= 4 is 40.7 Å². The van der Waals surface area contributed by atoms with E-state index in [1.165, 1.54) is 0 Å². The number of benzene rings is 2. The van der Waals surface area contributed by atoms with Crippen LogP contribution in [0.1, 0.15) is 10.4 Å². The number of para-hydroxylation sites is 1. The van der Waals surface area contributed by atoms with Gasteiger partial charge in [0.1, 0.15) is 0 Å². The molecule has 0 N–H and O–H groups in total. The van der Waals surface area contributed by atoms with E-state index in [2.05, 4.69) is 4.90 Å². The van der Waals surface area contributed by atoms with Gasteiger partial charge in [0.2, 0.25) is 5.91 Å². The number of nitrogens with zero attached hydrogens (tertiary/aromatic N) is 3. The van der Waals surface area contributed by atoms with Crippen molar-refractivity contribution in [2.24, 2.45) is 0 Å². The second kappa shape index (κ2) is 8.74. The van der Waals surface area contributed by atoms with Gasteiger partial charge in [-0.05, 0) is 30.3 Å². The molecule has 1 fully saturated rings. The summed E-state index contributed by atoms with van der Waals surface area (Å²) in [4.78, 5) is 30.6. The van der Waals surface area contributed by atoms with E-state index in [1.807, 2.05) is 30.3 Å². The molecule has 0 aromatic heterocycles. The number of amides is 2. The van der Waals surface area contributed by atoms with Crippen LogP contribution in [-0.4, -0.2) is 61.4 Å². The van der Waals surface area contributed by atoms with Gasteiger partial charge in [0.05, 0.1) is 17.1 Å². The van der Waals surface area contributed by atoms with Crippen LogP contribution >= 0.6 is 23.2 Å². The largest absolute Gasteiger partial charge is 0.336 e. The zero-order chi connectivity index (χ0) is 19.4. The van der Waals surface area contributed by atoms with Crippen molar-refractivity contribution in [3.63, 3.8) is 0 Å². The van der Waals surface area contributed by atoms with E-state index in [-0.39, 0.29) is 11.8 Å². The molecular weight excluding hydrogens is 385 g/mol. The van der Waals surface area contributed by atoms with Gasteiger partial charge in [0.25, 0.3) is 5.91 Å². The fourth-order valence-corrected chi connectivity index (χ4v) is 3.52. The number of halogens is 2. The second-order valence-electron chi connectivity index (χ2n) is 6.48. The van der Waals surface area contributed by atoms with Gasteiger partial charge in [0, 0.05) is 43.9 Å². The summed E-state index contributed by atoms with van der Waals surface area (Å²) in [5.74, 6) is -0.0780. The van der Waals surface area contributed by atoms with Crippen molar-refractivity contribution in [1.82, 2.24) is 9.80 Å². The third-order valence-corrected chi connectivity index (χ3v) is 5.25. The number of likely N-dealkylation sites (N-methyl/N-ethyl adjacent to an activating group) is 1. The van der Waals surface area contributed by atoms with Crippen molar-refractivity contribution < 1.29 is 9.59 Å². The molecule has 5 nitrogen and oxygen atoms in total. The summed E-state index contributed by atoms with van der Waals surface area (Å²) in [5.41, 5.74) is 1.32. The first-order chi connectivity index (χ1) is 13.0. The van der Waals surface area contributed by atoms with Gasteiger partial charge in [-0.2, -0.15) is 0 Å². The van der Waals surface area contributed by atoms with Gasteiger partial charge < -0.3 is 9.80 Å². The zero-order valence-corrected chi connectivity index (χ0v) is 16.6. The van der Waals surface area contributed by atoms with Crippen LogP contribution in [0, 0.1) is 0 Å². The normalized spacial score (nSPS) is 14.9. The number of carbonyl (C=O) groups is 2. The average molecular weight is 406 g/mol. The minimum Gasteiger partial charge on any atom is -0.336 e. The highest BCUT2D eigenvalue weighted by atomic mass is 35.5. The van der Waals surface area contributed by atoms with Crippen LogP contribution in [0.3, 0.4) is 0 Å². The van der Waals surface area contributed by atoms with Gasteiger partial charge in [-0.3, -0.25) is 14.5 Å². The Morgan fingerprint density at radius 2 is 1.67 bits per heavy atom. The second-order valence-corrected chi connectivity index (χ2v) is 7.32. The summed E-state index contributed by atoms with van der Waals surface area (Å²) in [6, 6.07) is 14.4. The molecule has 0 atom stereocenters. The molecule has 0 radical (unpaired) electrons. The van der Waals surface area contributed by atoms with E-state index < -0.39 is 0 Å². The van der Waals surface area contributed by atoms with Crippen LogP contribution in [0.25, 0.3) is 0 Å². The van der Waals surface area contributed by atoms with Gasteiger partial charge in [-0.1, -0.05) is 41.4 Å². The standard InChI is InChI=1S/C20H21Cl2N3O2/c1-23(16-5-3-2-4-6-16)19(26)14-24-9-11-25(12-10-24)20(27)17-8-7-15(21)13-18(17)22/h2-8,13H,9-12,14H2,1H3. The Balaban J connectivity index is 1.54. The Labute approximate surface area is 169 Å². The van der Waals surface area contributed by atoms with Crippen LogP contribution in [0.5, 0.6) is 0 Å². The van der Waals surface area contributed by atoms with Crippen molar-refractivity contribution in [2.75, 3.05) is 44.7 Å². The van der Waals surface area contributed by atoms with E-state index in [9.17, 15) is 9.59 Å². The lowest BCUT2D eigenvalue weighted by Crippen LogP contribution is -2.51. The fraction of sp³-hybridized carbons (Fsp3) is 0.300. The summed E-state index contributed by atoms with van der Waals surface area (Å²) in [7, 11) is 1.78. The molecule has 0 spiro atoms. The van der Waals surface area contributed by atoms with Crippen LogP contribution < -0.4 is 4.90 Å². The number of hydrogen-bond donors (Lipinski definition) is 0. The molecule has 0 aliphatic carbocycles. The van der Waals surface area contributed by atoms with Crippen LogP contribution in [0.2, 0.25) is 10.0 Å². The summed E-state index contributed by atoms with van der Waals surface area (Å²) in [5, 5.41) is 0.858. The lowest BCUT2D eigenvalue weighted by molar-refractivity contribution is -0.119. The predicted octanol–water partition coefficient (Wildman–Crippen LogP) is 3.41. The van der Waals surface area contributed by atoms with E-state index in [1.54, 1.807) is 35.0 Å². The highest BCUT2D eigenvalue weighted by Gasteiger charge is 2.25. The first-order valence-corrected chi connectivity index (χ1v) is 9.49. The van der Waals surface area contributed by atoms with Gasteiger partial charge >= 0.3 is 0 Å². The maximum atomic E-state index is 12.7. The monoisotopic (exact) mass is 405 g/mol. The van der Waals surface area contributed by atoms with Gasteiger partial charge in [0.15, 0.2) is 0 Å².